The van der Waals surface area contributed by atoms with Crippen molar-refractivity contribution in [1.82, 2.24) is 24.7 Å². The second-order valence-corrected chi connectivity index (χ2v) is 9.04. The lowest BCUT2D eigenvalue weighted by molar-refractivity contribution is 0.0944. The van der Waals surface area contributed by atoms with E-state index < -0.39 is 0 Å². The second-order valence-electron chi connectivity index (χ2n) is 8.60. The van der Waals surface area contributed by atoms with E-state index in [1.165, 1.54) is 17.4 Å². The minimum atomic E-state index is -0.180. The summed E-state index contributed by atoms with van der Waals surface area (Å²) in [6, 6.07) is 12.7. The molecule has 1 aliphatic heterocycles. The molecule has 1 amide bonds. The quantitative estimate of drug-likeness (QED) is 0.440. The first kappa shape index (κ1) is 22.3. The number of nitrogens with one attached hydrogen (secondary N) is 1. The zero-order chi connectivity index (χ0) is 23.5. The van der Waals surface area contributed by atoms with Crippen molar-refractivity contribution in [3.63, 3.8) is 0 Å². The van der Waals surface area contributed by atoms with Crippen LogP contribution in [0.3, 0.4) is 0 Å². The van der Waals surface area contributed by atoms with E-state index in [1.54, 1.807) is 10.6 Å². The Balaban J connectivity index is 1.21. The van der Waals surface area contributed by atoms with Gasteiger partial charge >= 0.3 is 0 Å². The maximum Gasteiger partial charge on any atom is 0.270 e. The van der Waals surface area contributed by atoms with E-state index in [9.17, 15) is 4.79 Å². The first-order valence-corrected chi connectivity index (χ1v) is 12.0. The van der Waals surface area contributed by atoms with Crippen LogP contribution in [0.1, 0.15) is 53.0 Å². The Kier molecular flexibility index (Phi) is 6.45. The van der Waals surface area contributed by atoms with Crippen molar-refractivity contribution in [3.8, 4) is 0 Å². The summed E-state index contributed by atoms with van der Waals surface area (Å²) in [6.07, 6.45) is 9.84. The molecule has 8 heteroatoms. The molecule has 1 saturated heterocycles. The van der Waals surface area contributed by atoms with Crippen LogP contribution in [0, 0.1) is 0 Å². The van der Waals surface area contributed by atoms with Gasteiger partial charge in [0.2, 0.25) is 5.78 Å². The van der Waals surface area contributed by atoms with Gasteiger partial charge in [-0.25, -0.2) is 9.97 Å². The number of piperidine rings is 1. The summed E-state index contributed by atoms with van der Waals surface area (Å²) >= 11 is 6.09. The molecular weight excluding hydrogens is 448 g/mol. The van der Waals surface area contributed by atoms with Gasteiger partial charge in [-0.05, 0) is 48.4 Å². The van der Waals surface area contributed by atoms with Crippen molar-refractivity contribution in [3.05, 3.63) is 88.7 Å². The van der Waals surface area contributed by atoms with Gasteiger partial charge in [0.15, 0.2) is 0 Å². The molecule has 0 bridgehead atoms. The highest BCUT2D eigenvalue weighted by Gasteiger charge is 2.21. The number of fused-ring (bicyclic) bond motifs is 1. The first-order chi connectivity index (χ1) is 16.6. The summed E-state index contributed by atoms with van der Waals surface area (Å²) < 4.78 is 1.66. The Morgan fingerprint density at radius 2 is 1.94 bits per heavy atom. The first-order valence-electron chi connectivity index (χ1n) is 11.7. The summed E-state index contributed by atoms with van der Waals surface area (Å²) in [6.45, 7) is 4.49. The van der Waals surface area contributed by atoms with Gasteiger partial charge in [0.25, 0.3) is 5.91 Å². The lowest BCUT2D eigenvalue weighted by Gasteiger charge is -2.33. The van der Waals surface area contributed by atoms with Crippen LogP contribution in [0.5, 0.6) is 0 Å². The molecule has 1 N–H and O–H groups in total. The van der Waals surface area contributed by atoms with Crippen molar-refractivity contribution in [2.24, 2.45) is 0 Å². The minimum absolute atomic E-state index is 0.180. The zero-order valence-electron chi connectivity index (χ0n) is 19.1. The average molecular weight is 475 g/mol. The average Bonchev–Trinajstić information content (AvgIpc) is 3.26. The molecule has 1 aliphatic rings. The zero-order valence-corrected chi connectivity index (χ0v) is 19.9. The van der Waals surface area contributed by atoms with Gasteiger partial charge in [-0.2, -0.15) is 0 Å². The van der Waals surface area contributed by atoms with Crippen LogP contribution in [0.25, 0.3) is 5.78 Å². The second kappa shape index (κ2) is 9.81. The molecule has 0 spiro atoms. The van der Waals surface area contributed by atoms with Crippen LogP contribution in [0.15, 0.2) is 61.2 Å². The predicted octanol–water partition coefficient (Wildman–Crippen LogP) is 4.65. The monoisotopic (exact) mass is 474 g/mol. The van der Waals surface area contributed by atoms with Crippen LogP contribution in [-0.2, 0) is 13.0 Å². The summed E-state index contributed by atoms with van der Waals surface area (Å²) in [5.41, 5.74) is 4.82. The summed E-state index contributed by atoms with van der Waals surface area (Å²) in [4.78, 5) is 28.3. The van der Waals surface area contributed by atoms with Crippen LogP contribution >= 0.6 is 11.6 Å². The molecule has 0 aliphatic carbocycles. The molecule has 0 unspecified atom stereocenters. The molecule has 7 nitrogen and oxygen atoms in total. The molecule has 174 valence electrons. The molecule has 34 heavy (non-hydrogen) atoms. The van der Waals surface area contributed by atoms with E-state index >= 15 is 0 Å². The maximum atomic E-state index is 13.0. The number of hydrogen-bond donors (Lipinski definition) is 1. The van der Waals surface area contributed by atoms with Crippen molar-refractivity contribution in [2.75, 3.05) is 18.0 Å². The highest BCUT2D eigenvalue weighted by atomic mass is 35.5. The normalized spacial score (nSPS) is 14.5. The Hall–Kier alpha value is -3.45. The number of imidazole rings is 1. The van der Waals surface area contributed by atoms with Crippen LogP contribution in [0.2, 0.25) is 5.02 Å². The SMILES string of the molecule is CCc1nc2ncc(Cl)cn2c1C(=O)NCc1ccc(C2CCN(c3cccnc3)CC2)cc1. The number of nitrogens with zero attached hydrogens (tertiary/aromatic N) is 5. The number of carbonyl (C=O) groups excluding carboxylic acids is 1. The number of amides is 1. The molecule has 1 aromatic carbocycles. The number of aromatic nitrogens is 4. The number of pyridine rings is 1. The number of aryl methyl sites for hydroxylation is 1. The third-order valence-electron chi connectivity index (χ3n) is 6.48. The largest absolute Gasteiger partial charge is 0.370 e. The lowest BCUT2D eigenvalue weighted by Crippen LogP contribution is -2.32. The van der Waals surface area contributed by atoms with Gasteiger partial charge in [0.1, 0.15) is 5.69 Å². The van der Waals surface area contributed by atoms with Gasteiger partial charge in [-0.3, -0.25) is 14.2 Å². The molecule has 0 radical (unpaired) electrons. The molecule has 5 rings (SSSR count). The fraction of sp³-hybridized carbons (Fsp3) is 0.308. The van der Waals surface area contributed by atoms with E-state index in [1.807, 2.05) is 25.4 Å². The molecule has 0 atom stereocenters. The Morgan fingerprint density at radius 1 is 1.15 bits per heavy atom. The maximum absolute atomic E-state index is 13.0. The smallest absolute Gasteiger partial charge is 0.270 e. The van der Waals surface area contributed by atoms with Crippen molar-refractivity contribution >= 4 is 29.0 Å². The van der Waals surface area contributed by atoms with Gasteiger partial charge in [-0.1, -0.05) is 42.8 Å². The van der Waals surface area contributed by atoms with Gasteiger partial charge in [0.05, 0.1) is 28.8 Å². The number of carbonyl (C=O) groups is 1. The predicted molar refractivity (Wildman–Crippen MR) is 133 cm³/mol. The van der Waals surface area contributed by atoms with E-state index in [2.05, 4.69) is 55.5 Å². The Labute approximate surface area is 203 Å². The number of anilines is 1. The van der Waals surface area contributed by atoms with E-state index in [0.29, 0.717) is 41.1 Å². The number of hydrogen-bond acceptors (Lipinski definition) is 5. The van der Waals surface area contributed by atoms with Crippen molar-refractivity contribution in [1.29, 1.82) is 0 Å². The molecule has 0 saturated carbocycles. The Morgan fingerprint density at radius 3 is 2.65 bits per heavy atom. The van der Waals surface area contributed by atoms with E-state index in [-0.39, 0.29) is 5.91 Å². The third kappa shape index (κ3) is 4.61. The van der Waals surface area contributed by atoms with E-state index in [0.717, 1.165) is 31.5 Å². The molecule has 3 aromatic heterocycles. The molecular formula is C26H27ClN6O. The van der Waals surface area contributed by atoms with Crippen molar-refractivity contribution < 1.29 is 4.79 Å². The fourth-order valence-corrected chi connectivity index (χ4v) is 4.77. The fourth-order valence-electron chi connectivity index (χ4n) is 4.63. The van der Waals surface area contributed by atoms with Crippen molar-refractivity contribution in [2.45, 2.75) is 38.6 Å². The standard InChI is InChI=1S/C26H27ClN6O/c1-2-23-24(33-17-21(27)15-30-26(33)31-23)25(34)29-14-18-5-7-19(8-6-18)20-9-12-32(13-10-20)22-4-3-11-28-16-22/h3-8,11,15-17,20H,2,9-10,12-14H2,1H3,(H,29,34). The Bertz CT molecular complexity index is 1280. The highest BCUT2D eigenvalue weighted by Crippen LogP contribution is 2.30. The molecule has 4 aromatic rings. The summed E-state index contributed by atoms with van der Waals surface area (Å²) in [5.74, 6) is 0.852. The van der Waals surface area contributed by atoms with E-state index in [4.69, 9.17) is 11.6 Å². The topological polar surface area (TPSA) is 75.4 Å². The highest BCUT2D eigenvalue weighted by molar-refractivity contribution is 6.30. The molecule has 1 fully saturated rings. The number of rotatable bonds is 6. The summed E-state index contributed by atoms with van der Waals surface area (Å²) in [7, 11) is 0. The van der Waals surface area contributed by atoms with Crippen LogP contribution in [-0.4, -0.2) is 38.3 Å². The number of halogens is 1. The van der Waals surface area contributed by atoms with Gasteiger partial charge in [0, 0.05) is 32.0 Å². The lowest BCUT2D eigenvalue weighted by atomic mass is 9.89. The molecule has 4 heterocycles. The number of benzene rings is 1. The van der Waals surface area contributed by atoms with Gasteiger partial charge < -0.3 is 10.2 Å². The van der Waals surface area contributed by atoms with Gasteiger partial charge in [-0.15, -0.1) is 0 Å². The summed E-state index contributed by atoms with van der Waals surface area (Å²) in [5, 5.41) is 3.49. The van der Waals surface area contributed by atoms with Crippen LogP contribution in [0.4, 0.5) is 5.69 Å². The minimum Gasteiger partial charge on any atom is -0.370 e. The van der Waals surface area contributed by atoms with Crippen LogP contribution < -0.4 is 10.2 Å². The third-order valence-corrected chi connectivity index (χ3v) is 6.68.